The minimum atomic E-state index is 0.456. The van der Waals surface area contributed by atoms with Crippen molar-refractivity contribution in [2.45, 2.75) is 18.9 Å². The van der Waals surface area contributed by atoms with Gasteiger partial charge in [-0.3, -0.25) is 0 Å². The fourth-order valence-corrected chi connectivity index (χ4v) is 3.03. The van der Waals surface area contributed by atoms with E-state index in [1.165, 1.54) is 0 Å². The molecule has 0 spiro atoms. The highest BCUT2D eigenvalue weighted by Crippen LogP contribution is 2.30. The van der Waals surface area contributed by atoms with Gasteiger partial charge in [-0.1, -0.05) is 44.0 Å². The lowest BCUT2D eigenvalue weighted by Gasteiger charge is -2.14. The number of rotatable bonds is 4. The minimum Gasteiger partial charge on any atom is -0.488 e. The lowest BCUT2D eigenvalue weighted by molar-refractivity contribution is 0.301. The molecule has 0 aromatic heterocycles. The molecular weight excluding hydrogens is 382 g/mol. The van der Waals surface area contributed by atoms with Gasteiger partial charge in [0.15, 0.2) is 0 Å². The SMILES string of the molecule is Cc1cc(Br)cc(CBr)c1OCc1cccc(C#N)c1. The molecule has 0 unspecified atom stereocenters. The summed E-state index contributed by atoms with van der Waals surface area (Å²) in [6, 6.07) is 13.7. The van der Waals surface area contributed by atoms with Crippen molar-refractivity contribution < 1.29 is 4.74 Å². The highest BCUT2D eigenvalue weighted by atomic mass is 79.9. The summed E-state index contributed by atoms with van der Waals surface area (Å²) in [7, 11) is 0. The van der Waals surface area contributed by atoms with Crippen molar-refractivity contribution in [1.29, 1.82) is 5.26 Å². The highest BCUT2D eigenvalue weighted by Gasteiger charge is 2.08. The molecule has 102 valence electrons. The van der Waals surface area contributed by atoms with Crippen LogP contribution in [0.5, 0.6) is 5.75 Å². The van der Waals surface area contributed by atoms with Crippen LogP contribution >= 0.6 is 31.9 Å². The molecule has 4 heteroatoms. The number of nitrogens with zero attached hydrogens (tertiary/aromatic N) is 1. The van der Waals surface area contributed by atoms with Crippen LogP contribution in [0.1, 0.15) is 22.3 Å². The van der Waals surface area contributed by atoms with Crippen LogP contribution in [-0.4, -0.2) is 0 Å². The van der Waals surface area contributed by atoms with E-state index < -0.39 is 0 Å². The molecule has 0 heterocycles. The van der Waals surface area contributed by atoms with Crippen molar-refractivity contribution in [2.75, 3.05) is 0 Å². The average molecular weight is 395 g/mol. The molecule has 0 aliphatic rings. The van der Waals surface area contributed by atoms with E-state index in [4.69, 9.17) is 10.00 Å². The third kappa shape index (κ3) is 3.62. The molecule has 20 heavy (non-hydrogen) atoms. The molecule has 0 saturated heterocycles. The van der Waals surface area contributed by atoms with Gasteiger partial charge < -0.3 is 4.74 Å². The van der Waals surface area contributed by atoms with Gasteiger partial charge in [0.2, 0.25) is 0 Å². The molecule has 0 radical (unpaired) electrons. The Labute approximate surface area is 135 Å². The fourth-order valence-electron chi connectivity index (χ4n) is 1.99. The van der Waals surface area contributed by atoms with Crippen molar-refractivity contribution in [3.8, 4) is 11.8 Å². The molecular formula is C16H13Br2NO. The topological polar surface area (TPSA) is 33.0 Å². The molecule has 0 N–H and O–H groups in total. The molecule has 0 bridgehead atoms. The third-order valence-electron chi connectivity index (χ3n) is 2.90. The molecule has 0 amide bonds. The molecule has 2 aromatic carbocycles. The highest BCUT2D eigenvalue weighted by molar-refractivity contribution is 9.10. The van der Waals surface area contributed by atoms with Crippen molar-refractivity contribution in [2.24, 2.45) is 0 Å². The van der Waals surface area contributed by atoms with Gasteiger partial charge >= 0.3 is 0 Å². The summed E-state index contributed by atoms with van der Waals surface area (Å²) in [6.45, 7) is 2.48. The number of hydrogen-bond donors (Lipinski definition) is 0. The number of aryl methyl sites for hydroxylation is 1. The summed E-state index contributed by atoms with van der Waals surface area (Å²) in [6.07, 6.45) is 0. The van der Waals surface area contributed by atoms with E-state index in [9.17, 15) is 0 Å². The van der Waals surface area contributed by atoms with E-state index >= 15 is 0 Å². The van der Waals surface area contributed by atoms with Crippen molar-refractivity contribution in [3.05, 3.63) is 63.1 Å². The molecule has 2 aromatic rings. The Hall–Kier alpha value is -1.31. The average Bonchev–Trinajstić information content (AvgIpc) is 2.45. The summed E-state index contributed by atoms with van der Waals surface area (Å²) < 4.78 is 6.98. The Morgan fingerprint density at radius 3 is 2.75 bits per heavy atom. The third-order valence-corrected chi connectivity index (χ3v) is 3.96. The second kappa shape index (κ2) is 6.92. The Morgan fingerprint density at radius 1 is 1.25 bits per heavy atom. The predicted molar refractivity (Wildman–Crippen MR) is 87.0 cm³/mol. The number of alkyl halides is 1. The van der Waals surface area contributed by atoms with Crippen LogP contribution in [0.15, 0.2) is 40.9 Å². The molecule has 0 saturated carbocycles. The second-order valence-electron chi connectivity index (χ2n) is 4.45. The Kier molecular flexibility index (Phi) is 5.22. The number of halogens is 2. The maximum Gasteiger partial charge on any atom is 0.126 e. The Morgan fingerprint density at radius 2 is 2.05 bits per heavy atom. The Bertz CT molecular complexity index is 662. The first kappa shape index (κ1) is 15.1. The van der Waals surface area contributed by atoms with Crippen LogP contribution in [-0.2, 0) is 11.9 Å². The smallest absolute Gasteiger partial charge is 0.126 e. The zero-order chi connectivity index (χ0) is 14.5. The first-order valence-corrected chi connectivity index (χ1v) is 8.02. The lowest BCUT2D eigenvalue weighted by atomic mass is 10.1. The van der Waals surface area contributed by atoms with Gasteiger partial charge in [-0.2, -0.15) is 5.26 Å². The van der Waals surface area contributed by atoms with Gasteiger partial charge in [0.1, 0.15) is 12.4 Å². The monoisotopic (exact) mass is 393 g/mol. The number of ether oxygens (including phenoxy) is 1. The standard InChI is InChI=1S/C16H13Br2NO/c1-11-5-15(18)7-14(8-17)16(11)20-10-13-4-2-3-12(6-13)9-19/h2-7H,8,10H2,1H3. The molecule has 2 nitrogen and oxygen atoms in total. The normalized spacial score (nSPS) is 10.1. The van der Waals surface area contributed by atoms with Gasteiger partial charge in [-0.15, -0.1) is 0 Å². The molecule has 0 atom stereocenters. The van der Waals surface area contributed by atoms with Gasteiger partial charge in [-0.05, 0) is 42.3 Å². The van der Waals surface area contributed by atoms with Crippen molar-refractivity contribution in [1.82, 2.24) is 0 Å². The van der Waals surface area contributed by atoms with Crippen molar-refractivity contribution in [3.63, 3.8) is 0 Å². The maximum atomic E-state index is 8.90. The van der Waals surface area contributed by atoms with Gasteiger partial charge in [-0.25, -0.2) is 0 Å². The molecule has 0 aliphatic heterocycles. The van der Waals surface area contributed by atoms with E-state index in [1.54, 1.807) is 6.07 Å². The first-order chi connectivity index (χ1) is 9.63. The van der Waals surface area contributed by atoms with Gasteiger partial charge in [0.25, 0.3) is 0 Å². The quantitative estimate of drug-likeness (QED) is 0.675. The molecule has 0 aliphatic carbocycles. The van der Waals surface area contributed by atoms with E-state index in [0.29, 0.717) is 12.2 Å². The second-order valence-corrected chi connectivity index (χ2v) is 5.92. The summed E-state index contributed by atoms with van der Waals surface area (Å²) >= 11 is 6.97. The summed E-state index contributed by atoms with van der Waals surface area (Å²) in [5.41, 5.74) is 3.84. The van der Waals surface area contributed by atoms with E-state index in [0.717, 1.165) is 32.2 Å². The van der Waals surface area contributed by atoms with E-state index in [2.05, 4.69) is 37.9 Å². The summed E-state index contributed by atoms with van der Waals surface area (Å²) in [5, 5.41) is 9.64. The van der Waals surface area contributed by atoms with Crippen LogP contribution in [0.4, 0.5) is 0 Å². The molecule has 0 fully saturated rings. The van der Waals surface area contributed by atoms with Crippen LogP contribution in [0, 0.1) is 18.3 Å². The van der Waals surface area contributed by atoms with Crippen LogP contribution in [0.3, 0.4) is 0 Å². The summed E-state index contributed by atoms with van der Waals surface area (Å²) in [5.74, 6) is 0.896. The molecule has 2 rings (SSSR count). The van der Waals surface area contributed by atoms with E-state index in [1.807, 2.05) is 37.3 Å². The van der Waals surface area contributed by atoms with Crippen LogP contribution < -0.4 is 4.74 Å². The lowest BCUT2D eigenvalue weighted by Crippen LogP contribution is -2.00. The number of hydrogen-bond acceptors (Lipinski definition) is 2. The zero-order valence-corrected chi connectivity index (χ0v) is 14.2. The number of benzene rings is 2. The number of nitriles is 1. The van der Waals surface area contributed by atoms with Gasteiger partial charge in [0, 0.05) is 15.4 Å². The Balaban J connectivity index is 2.20. The first-order valence-electron chi connectivity index (χ1n) is 6.11. The van der Waals surface area contributed by atoms with E-state index in [-0.39, 0.29) is 0 Å². The largest absolute Gasteiger partial charge is 0.488 e. The van der Waals surface area contributed by atoms with Crippen molar-refractivity contribution >= 4 is 31.9 Å². The minimum absolute atomic E-state index is 0.456. The summed E-state index contributed by atoms with van der Waals surface area (Å²) in [4.78, 5) is 0. The zero-order valence-electron chi connectivity index (χ0n) is 11.0. The predicted octanol–water partition coefficient (Wildman–Crippen LogP) is 5.10. The van der Waals surface area contributed by atoms with Crippen LogP contribution in [0.25, 0.3) is 0 Å². The fraction of sp³-hybridized carbons (Fsp3) is 0.188. The maximum absolute atomic E-state index is 8.90. The van der Waals surface area contributed by atoms with Crippen LogP contribution in [0.2, 0.25) is 0 Å². The van der Waals surface area contributed by atoms with Gasteiger partial charge in [0.05, 0.1) is 11.6 Å².